The van der Waals surface area contributed by atoms with E-state index in [2.05, 4.69) is 35.1 Å². The third kappa shape index (κ3) is 4.36. The van der Waals surface area contributed by atoms with E-state index < -0.39 is 0 Å². The fourth-order valence-corrected chi connectivity index (χ4v) is 2.83. The van der Waals surface area contributed by atoms with Crippen molar-refractivity contribution in [3.63, 3.8) is 0 Å². The van der Waals surface area contributed by atoms with Crippen molar-refractivity contribution in [3.05, 3.63) is 21.6 Å². The largest absolute Gasteiger partial charge is 0.491 e. The predicted molar refractivity (Wildman–Crippen MR) is 82.9 cm³/mol. The van der Waals surface area contributed by atoms with Crippen LogP contribution in [0.3, 0.4) is 0 Å². The van der Waals surface area contributed by atoms with Gasteiger partial charge in [-0.3, -0.25) is 0 Å². The normalized spacial score (nSPS) is 12.3. The molecule has 1 rings (SSSR count). The number of ether oxygens (including phenoxy) is 1. The molecule has 102 valence electrons. The molecule has 1 N–H and O–H groups in total. The van der Waals surface area contributed by atoms with Crippen LogP contribution in [-0.2, 0) is 0 Å². The summed E-state index contributed by atoms with van der Waals surface area (Å²) in [6.07, 6.45) is 3.40. The molecule has 0 spiro atoms. The Morgan fingerprint density at radius 3 is 2.61 bits per heavy atom. The number of halogens is 2. The van der Waals surface area contributed by atoms with Gasteiger partial charge in [-0.1, -0.05) is 31.9 Å². The van der Waals surface area contributed by atoms with Crippen LogP contribution in [0.2, 0.25) is 5.02 Å². The van der Waals surface area contributed by atoms with E-state index in [1.807, 2.05) is 19.1 Å². The summed E-state index contributed by atoms with van der Waals surface area (Å²) in [5.41, 5.74) is 0.969. The lowest BCUT2D eigenvalue weighted by Crippen LogP contribution is -2.18. The molecule has 0 amide bonds. The van der Waals surface area contributed by atoms with Gasteiger partial charge in [-0.15, -0.1) is 0 Å². The van der Waals surface area contributed by atoms with Gasteiger partial charge >= 0.3 is 0 Å². The summed E-state index contributed by atoms with van der Waals surface area (Å²) < 4.78 is 6.57. The average molecular weight is 335 g/mol. The van der Waals surface area contributed by atoms with Gasteiger partial charge in [0.15, 0.2) is 5.75 Å². The summed E-state index contributed by atoms with van der Waals surface area (Å²) in [4.78, 5) is 0. The maximum Gasteiger partial charge on any atom is 0.156 e. The number of benzene rings is 1. The van der Waals surface area contributed by atoms with Crippen LogP contribution in [0.15, 0.2) is 16.6 Å². The maximum absolute atomic E-state index is 6.10. The van der Waals surface area contributed by atoms with Crippen LogP contribution in [0.25, 0.3) is 0 Å². The molecule has 0 aromatic heterocycles. The lowest BCUT2D eigenvalue weighted by atomic mass is 10.1. The fraction of sp³-hybridized carbons (Fsp3) is 0.571. The van der Waals surface area contributed by atoms with E-state index in [-0.39, 0.29) is 0 Å². The Hall–Kier alpha value is -0.410. The Morgan fingerprint density at radius 2 is 2.06 bits per heavy atom. The maximum atomic E-state index is 6.10. The van der Waals surface area contributed by atoms with Crippen LogP contribution in [0.1, 0.15) is 40.0 Å². The van der Waals surface area contributed by atoms with Gasteiger partial charge in [0.2, 0.25) is 0 Å². The lowest BCUT2D eigenvalue weighted by Gasteiger charge is -2.21. The van der Waals surface area contributed by atoms with Gasteiger partial charge in [0.25, 0.3) is 0 Å². The molecule has 1 aromatic carbocycles. The van der Waals surface area contributed by atoms with Crippen molar-refractivity contribution in [2.45, 2.75) is 46.1 Å². The Labute approximate surface area is 123 Å². The van der Waals surface area contributed by atoms with Crippen molar-refractivity contribution in [2.75, 3.05) is 11.9 Å². The minimum absolute atomic E-state index is 0.458. The van der Waals surface area contributed by atoms with Crippen LogP contribution in [0.5, 0.6) is 5.75 Å². The molecule has 2 nitrogen and oxygen atoms in total. The quantitative estimate of drug-likeness (QED) is 0.711. The first-order valence-electron chi connectivity index (χ1n) is 6.50. The monoisotopic (exact) mass is 333 g/mol. The van der Waals surface area contributed by atoms with Crippen molar-refractivity contribution in [1.82, 2.24) is 0 Å². The van der Waals surface area contributed by atoms with Gasteiger partial charge in [0.05, 0.1) is 16.8 Å². The van der Waals surface area contributed by atoms with Crippen molar-refractivity contribution in [3.8, 4) is 5.75 Å². The standard InChI is InChI=1S/C14H21BrClNO/c1-4-7-11(5-2)17-13-9-10(16)8-12(15)14(13)18-6-3/h8-9,11,17H,4-7H2,1-3H3. The topological polar surface area (TPSA) is 21.3 Å². The molecule has 0 radical (unpaired) electrons. The minimum atomic E-state index is 0.458. The Bertz CT molecular complexity index is 384. The SMILES string of the molecule is CCCC(CC)Nc1cc(Cl)cc(Br)c1OCC. The highest BCUT2D eigenvalue weighted by Gasteiger charge is 2.13. The van der Waals surface area contributed by atoms with Crippen LogP contribution >= 0.6 is 27.5 Å². The molecule has 0 aliphatic heterocycles. The van der Waals surface area contributed by atoms with E-state index in [1.54, 1.807) is 0 Å². The van der Waals surface area contributed by atoms with Gasteiger partial charge in [0.1, 0.15) is 0 Å². The third-order valence-electron chi connectivity index (χ3n) is 2.79. The van der Waals surface area contributed by atoms with Gasteiger partial charge in [0, 0.05) is 11.1 Å². The number of anilines is 1. The van der Waals surface area contributed by atoms with E-state index in [4.69, 9.17) is 16.3 Å². The summed E-state index contributed by atoms with van der Waals surface area (Å²) in [5.74, 6) is 0.844. The number of rotatable bonds is 7. The van der Waals surface area contributed by atoms with E-state index in [0.29, 0.717) is 17.7 Å². The van der Waals surface area contributed by atoms with Crippen LogP contribution in [0.4, 0.5) is 5.69 Å². The van der Waals surface area contributed by atoms with Crippen LogP contribution in [-0.4, -0.2) is 12.6 Å². The highest BCUT2D eigenvalue weighted by Crippen LogP contribution is 2.37. The van der Waals surface area contributed by atoms with Gasteiger partial charge in [-0.05, 0) is 47.8 Å². The van der Waals surface area contributed by atoms with Crippen molar-refractivity contribution in [2.24, 2.45) is 0 Å². The van der Waals surface area contributed by atoms with Gasteiger partial charge in [-0.25, -0.2) is 0 Å². The molecule has 0 aliphatic carbocycles. The molecule has 0 saturated heterocycles. The highest BCUT2D eigenvalue weighted by atomic mass is 79.9. The molecular formula is C14H21BrClNO. The zero-order valence-corrected chi connectivity index (χ0v) is 13.6. The molecule has 0 fully saturated rings. The summed E-state index contributed by atoms with van der Waals surface area (Å²) in [7, 11) is 0. The van der Waals surface area contributed by atoms with E-state index in [1.165, 1.54) is 0 Å². The first kappa shape index (κ1) is 15.6. The second-order valence-corrected chi connectivity index (χ2v) is 5.53. The summed E-state index contributed by atoms with van der Waals surface area (Å²) in [6.45, 7) is 7.00. The molecular weight excluding hydrogens is 314 g/mol. The Balaban J connectivity index is 2.97. The second-order valence-electron chi connectivity index (χ2n) is 4.24. The third-order valence-corrected chi connectivity index (χ3v) is 3.59. The zero-order valence-electron chi connectivity index (χ0n) is 11.2. The first-order chi connectivity index (χ1) is 8.62. The number of nitrogens with one attached hydrogen (secondary N) is 1. The summed E-state index contributed by atoms with van der Waals surface area (Å²) in [5, 5.41) is 4.23. The number of hydrogen-bond acceptors (Lipinski definition) is 2. The molecule has 0 saturated carbocycles. The molecule has 18 heavy (non-hydrogen) atoms. The van der Waals surface area contributed by atoms with Gasteiger partial charge in [-0.2, -0.15) is 0 Å². The smallest absolute Gasteiger partial charge is 0.156 e. The fourth-order valence-electron chi connectivity index (χ4n) is 1.91. The lowest BCUT2D eigenvalue weighted by molar-refractivity contribution is 0.339. The molecule has 0 bridgehead atoms. The molecule has 0 aliphatic rings. The van der Waals surface area contributed by atoms with Crippen LogP contribution < -0.4 is 10.1 Å². The summed E-state index contributed by atoms with van der Waals surface area (Å²) >= 11 is 9.60. The molecule has 1 atom stereocenters. The predicted octanol–water partition coefficient (Wildman–Crippen LogP) is 5.49. The minimum Gasteiger partial charge on any atom is -0.491 e. The summed E-state index contributed by atoms with van der Waals surface area (Å²) in [6, 6.07) is 4.24. The molecule has 0 heterocycles. The molecule has 1 aromatic rings. The molecule has 1 unspecified atom stereocenters. The van der Waals surface area contributed by atoms with E-state index in [0.717, 1.165) is 35.2 Å². The Morgan fingerprint density at radius 1 is 1.33 bits per heavy atom. The van der Waals surface area contributed by atoms with Crippen molar-refractivity contribution < 1.29 is 4.74 Å². The zero-order chi connectivity index (χ0) is 13.5. The second kappa shape index (κ2) is 7.90. The highest BCUT2D eigenvalue weighted by molar-refractivity contribution is 9.10. The Kier molecular flexibility index (Phi) is 6.87. The number of hydrogen-bond donors (Lipinski definition) is 1. The van der Waals surface area contributed by atoms with E-state index in [9.17, 15) is 0 Å². The van der Waals surface area contributed by atoms with Gasteiger partial charge < -0.3 is 10.1 Å². The van der Waals surface area contributed by atoms with E-state index >= 15 is 0 Å². The molecule has 4 heteroatoms. The van der Waals surface area contributed by atoms with Crippen molar-refractivity contribution in [1.29, 1.82) is 0 Å². The average Bonchev–Trinajstić information content (AvgIpc) is 2.32. The van der Waals surface area contributed by atoms with Crippen LogP contribution in [0, 0.1) is 0 Å². The first-order valence-corrected chi connectivity index (χ1v) is 7.67. The van der Waals surface area contributed by atoms with Crippen molar-refractivity contribution >= 4 is 33.2 Å².